The summed E-state index contributed by atoms with van der Waals surface area (Å²) < 4.78 is 0. The van der Waals surface area contributed by atoms with Gasteiger partial charge in [-0.2, -0.15) is 0 Å². The van der Waals surface area contributed by atoms with Crippen LogP contribution in [-0.2, 0) is 0 Å². The molecule has 1 heteroatoms. The maximum absolute atomic E-state index is 10.8. The Kier molecular flexibility index (Phi) is 1.69. The second-order valence-electron chi connectivity index (χ2n) is 5.91. The quantitative estimate of drug-likeness (QED) is 0.633. The Labute approximate surface area is 86.2 Å². The highest BCUT2D eigenvalue weighted by Gasteiger charge is 2.56. The third kappa shape index (κ3) is 0.942. The fourth-order valence-corrected chi connectivity index (χ4v) is 4.60. The minimum absolute atomic E-state index is 0.493. The van der Waals surface area contributed by atoms with Crippen molar-refractivity contribution >= 4 is 0 Å². The maximum Gasteiger partial charge on any atom is 0.0907 e. The lowest BCUT2D eigenvalue weighted by atomic mass is 9.48. The Morgan fingerprint density at radius 3 is 1.86 bits per heavy atom. The number of hydrogen-bond donors (Lipinski definition) is 1. The molecule has 4 aliphatic carbocycles. The fraction of sp³-hybridized carbons (Fsp3) is 0.846. The summed E-state index contributed by atoms with van der Waals surface area (Å²) in [6.07, 6.45) is 6.48. The van der Waals surface area contributed by atoms with Gasteiger partial charge in [0, 0.05) is 0 Å². The van der Waals surface area contributed by atoms with Gasteiger partial charge in [0.25, 0.3) is 0 Å². The molecule has 0 aliphatic heterocycles. The molecule has 0 radical (unpaired) electrons. The molecule has 0 amide bonds. The summed E-state index contributed by atoms with van der Waals surface area (Å²) in [4.78, 5) is 0. The van der Waals surface area contributed by atoms with Crippen molar-refractivity contribution in [3.05, 3.63) is 12.2 Å². The van der Waals surface area contributed by atoms with E-state index in [-0.39, 0.29) is 0 Å². The molecule has 0 aromatic rings. The summed E-state index contributed by atoms with van der Waals surface area (Å²) >= 11 is 0. The first-order valence-corrected chi connectivity index (χ1v) is 5.99. The third-order valence-electron chi connectivity index (χ3n) is 5.07. The van der Waals surface area contributed by atoms with E-state index >= 15 is 0 Å². The van der Waals surface area contributed by atoms with Crippen LogP contribution in [0.15, 0.2) is 12.2 Å². The zero-order valence-electron chi connectivity index (χ0n) is 9.00. The van der Waals surface area contributed by atoms with Crippen LogP contribution >= 0.6 is 0 Å². The lowest BCUT2D eigenvalue weighted by molar-refractivity contribution is -0.149. The highest BCUT2D eigenvalue weighted by atomic mass is 16.3. The molecule has 0 spiro atoms. The molecule has 0 heterocycles. The van der Waals surface area contributed by atoms with Crippen molar-refractivity contribution in [2.45, 2.75) is 44.6 Å². The molecule has 0 saturated heterocycles. The zero-order chi connectivity index (χ0) is 9.92. The Bertz CT molecular complexity index is 251. The van der Waals surface area contributed by atoms with Crippen LogP contribution in [0.4, 0.5) is 0 Å². The van der Waals surface area contributed by atoms with Gasteiger partial charge in [0.2, 0.25) is 0 Å². The SMILES string of the molecule is C=C(C)C1(O)C2CC3CC(C2)CC1C3. The highest BCUT2D eigenvalue weighted by Crippen LogP contribution is 2.59. The predicted molar refractivity (Wildman–Crippen MR) is 56.8 cm³/mol. The van der Waals surface area contributed by atoms with E-state index in [0.717, 1.165) is 17.4 Å². The normalized spacial score (nSPS) is 55.0. The summed E-state index contributed by atoms with van der Waals surface area (Å²) in [6, 6.07) is 0. The van der Waals surface area contributed by atoms with E-state index in [1.165, 1.54) is 32.1 Å². The van der Waals surface area contributed by atoms with Gasteiger partial charge in [-0.3, -0.25) is 0 Å². The largest absolute Gasteiger partial charge is 0.385 e. The monoisotopic (exact) mass is 192 g/mol. The van der Waals surface area contributed by atoms with E-state index in [9.17, 15) is 5.11 Å². The Morgan fingerprint density at radius 1 is 1.07 bits per heavy atom. The van der Waals surface area contributed by atoms with Crippen LogP contribution in [0.25, 0.3) is 0 Å². The maximum atomic E-state index is 10.8. The van der Waals surface area contributed by atoms with Crippen LogP contribution in [-0.4, -0.2) is 10.7 Å². The van der Waals surface area contributed by atoms with Crippen LogP contribution in [0, 0.1) is 23.7 Å². The van der Waals surface area contributed by atoms with Crippen molar-refractivity contribution < 1.29 is 5.11 Å². The first kappa shape index (κ1) is 8.96. The molecule has 0 atom stereocenters. The Balaban J connectivity index is 1.98. The molecule has 14 heavy (non-hydrogen) atoms. The molecule has 78 valence electrons. The lowest BCUT2D eigenvalue weighted by Gasteiger charge is -2.59. The van der Waals surface area contributed by atoms with Crippen LogP contribution < -0.4 is 0 Å². The molecule has 4 bridgehead atoms. The summed E-state index contributed by atoms with van der Waals surface area (Å²) in [7, 11) is 0. The summed E-state index contributed by atoms with van der Waals surface area (Å²) in [6.45, 7) is 6.04. The molecule has 4 fully saturated rings. The minimum atomic E-state index is -0.493. The summed E-state index contributed by atoms with van der Waals surface area (Å²) in [5.74, 6) is 2.93. The van der Waals surface area contributed by atoms with Gasteiger partial charge in [-0.25, -0.2) is 0 Å². The van der Waals surface area contributed by atoms with E-state index in [1.807, 2.05) is 6.92 Å². The standard InChI is InChI=1S/C13H20O/c1-8(2)13(14)11-4-9-3-10(6-11)7-12(13)5-9/h9-12,14H,1,3-7H2,2H3. The zero-order valence-corrected chi connectivity index (χ0v) is 9.00. The van der Waals surface area contributed by atoms with E-state index < -0.39 is 5.60 Å². The summed E-state index contributed by atoms with van der Waals surface area (Å²) in [5, 5.41) is 10.8. The lowest BCUT2D eigenvalue weighted by Crippen LogP contribution is -2.58. The van der Waals surface area contributed by atoms with E-state index in [2.05, 4.69) is 6.58 Å². The molecule has 1 N–H and O–H groups in total. The van der Waals surface area contributed by atoms with E-state index in [1.54, 1.807) is 0 Å². The molecule has 0 unspecified atom stereocenters. The van der Waals surface area contributed by atoms with Gasteiger partial charge in [-0.1, -0.05) is 6.58 Å². The highest BCUT2D eigenvalue weighted by molar-refractivity contribution is 5.21. The van der Waals surface area contributed by atoms with Gasteiger partial charge in [0.1, 0.15) is 0 Å². The molecular formula is C13H20O. The molecule has 0 aromatic heterocycles. The molecule has 4 saturated carbocycles. The number of hydrogen-bond acceptors (Lipinski definition) is 1. The first-order chi connectivity index (χ1) is 6.60. The number of aliphatic hydroxyl groups is 1. The molecular weight excluding hydrogens is 172 g/mol. The van der Waals surface area contributed by atoms with Crippen molar-refractivity contribution in [3.8, 4) is 0 Å². The Hall–Kier alpha value is -0.300. The van der Waals surface area contributed by atoms with Crippen LogP contribution in [0.1, 0.15) is 39.0 Å². The second kappa shape index (κ2) is 2.63. The van der Waals surface area contributed by atoms with Crippen molar-refractivity contribution in [1.82, 2.24) is 0 Å². The minimum Gasteiger partial charge on any atom is -0.385 e. The summed E-state index contributed by atoms with van der Waals surface area (Å²) in [5.41, 5.74) is 0.527. The predicted octanol–water partition coefficient (Wildman–Crippen LogP) is 2.75. The molecule has 1 nitrogen and oxygen atoms in total. The second-order valence-corrected chi connectivity index (χ2v) is 5.91. The van der Waals surface area contributed by atoms with Crippen LogP contribution in [0.5, 0.6) is 0 Å². The van der Waals surface area contributed by atoms with Gasteiger partial charge in [-0.05, 0) is 68.3 Å². The third-order valence-corrected chi connectivity index (χ3v) is 5.07. The topological polar surface area (TPSA) is 20.2 Å². The van der Waals surface area contributed by atoms with Gasteiger partial charge >= 0.3 is 0 Å². The molecule has 0 aromatic carbocycles. The van der Waals surface area contributed by atoms with Gasteiger partial charge in [0.05, 0.1) is 5.60 Å². The van der Waals surface area contributed by atoms with Crippen molar-refractivity contribution in [3.63, 3.8) is 0 Å². The Morgan fingerprint density at radius 2 is 1.50 bits per heavy atom. The van der Waals surface area contributed by atoms with Gasteiger partial charge in [0.15, 0.2) is 0 Å². The first-order valence-electron chi connectivity index (χ1n) is 5.99. The van der Waals surface area contributed by atoms with Crippen molar-refractivity contribution in [2.75, 3.05) is 0 Å². The van der Waals surface area contributed by atoms with E-state index in [4.69, 9.17) is 0 Å². The van der Waals surface area contributed by atoms with Crippen LogP contribution in [0.3, 0.4) is 0 Å². The van der Waals surface area contributed by atoms with E-state index in [0.29, 0.717) is 11.8 Å². The van der Waals surface area contributed by atoms with Crippen LogP contribution in [0.2, 0.25) is 0 Å². The fourth-order valence-electron chi connectivity index (χ4n) is 4.60. The number of rotatable bonds is 1. The average Bonchev–Trinajstić information content (AvgIpc) is 2.12. The molecule has 4 rings (SSSR count). The molecule has 4 aliphatic rings. The van der Waals surface area contributed by atoms with Crippen molar-refractivity contribution in [2.24, 2.45) is 23.7 Å². The smallest absolute Gasteiger partial charge is 0.0907 e. The van der Waals surface area contributed by atoms with Crippen molar-refractivity contribution in [1.29, 1.82) is 0 Å². The van der Waals surface area contributed by atoms with Gasteiger partial charge < -0.3 is 5.11 Å². The average molecular weight is 192 g/mol. The van der Waals surface area contributed by atoms with Gasteiger partial charge in [-0.15, -0.1) is 0 Å².